The van der Waals surface area contributed by atoms with Gasteiger partial charge in [-0.1, -0.05) is 0 Å². The van der Waals surface area contributed by atoms with E-state index >= 15 is 0 Å². The molecule has 2 rings (SSSR count). The first-order chi connectivity index (χ1) is 8.08. The molecule has 0 N–H and O–H groups in total. The van der Waals surface area contributed by atoms with Crippen LogP contribution in [-0.4, -0.2) is 18.5 Å². The third-order valence-corrected chi connectivity index (χ3v) is 2.72. The number of ketones is 1. The summed E-state index contributed by atoms with van der Waals surface area (Å²) in [4.78, 5) is 11.7. The van der Waals surface area contributed by atoms with Crippen molar-refractivity contribution in [3.8, 4) is 0 Å². The fraction of sp³-hybridized carbons (Fsp3) is 0.417. The fourth-order valence-corrected chi connectivity index (χ4v) is 1.92. The van der Waals surface area contributed by atoms with Gasteiger partial charge in [-0.3, -0.25) is 4.79 Å². The molecular formula is C12H11F3O2. The standard InChI is InChI=1S/C12H11F3O2/c13-7-4-9(14)12(10(15)5-7)11(16)6-8-2-1-3-17-8/h4-5,8H,1-3,6H2. The third kappa shape index (κ3) is 2.66. The monoisotopic (exact) mass is 244 g/mol. The number of ether oxygens (including phenoxy) is 1. The summed E-state index contributed by atoms with van der Waals surface area (Å²) in [6.07, 6.45) is 1.19. The van der Waals surface area contributed by atoms with E-state index in [9.17, 15) is 18.0 Å². The van der Waals surface area contributed by atoms with E-state index < -0.39 is 28.8 Å². The molecule has 0 amide bonds. The highest BCUT2D eigenvalue weighted by atomic mass is 19.1. The van der Waals surface area contributed by atoms with Crippen LogP contribution in [0.5, 0.6) is 0 Å². The lowest BCUT2D eigenvalue weighted by atomic mass is 10.0. The van der Waals surface area contributed by atoms with Crippen LogP contribution in [0.25, 0.3) is 0 Å². The van der Waals surface area contributed by atoms with E-state index in [4.69, 9.17) is 4.74 Å². The normalized spacial score (nSPS) is 19.6. The van der Waals surface area contributed by atoms with Gasteiger partial charge in [0.2, 0.25) is 0 Å². The average molecular weight is 244 g/mol. The van der Waals surface area contributed by atoms with Crippen molar-refractivity contribution in [2.75, 3.05) is 6.61 Å². The van der Waals surface area contributed by atoms with Gasteiger partial charge in [-0.05, 0) is 12.8 Å². The van der Waals surface area contributed by atoms with E-state index in [0.29, 0.717) is 25.2 Å². The van der Waals surface area contributed by atoms with Gasteiger partial charge in [-0.25, -0.2) is 13.2 Å². The Hall–Kier alpha value is -1.36. The van der Waals surface area contributed by atoms with Gasteiger partial charge in [-0.15, -0.1) is 0 Å². The van der Waals surface area contributed by atoms with Crippen LogP contribution < -0.4 is 0 Å². The smallest absolute Gasteiger partial charge is 0.171 e. The van der Waals surface area contributed by atoms with Gasteiger partial charge in [0.15, 0.2) is 5.78 Å². The summed E-state index contributed by atoms with van der Waals surface area (Å²) >= 11 is 0. The molecular weight excluding hydrogens is 233 g/mol. The zero-order valence-corrected chi connectivity index (χ0v) is 9.01. The largest absolute Gasteiger partial charge is 0.378 e. The van der Waals surface area contributed by atoms with E-state index in [2.05, 4.69) is 0 Å². The Balaban J connectivity index is 2.18. The molecule has 1 heterocycles. The van der Waals surface area contributed by atoms with Gasteiger partial charge in [0.05, 0.1) is 11.7 Å². The average Bonchev–Trinajstić information content (AvgIpc) is 2.68. The minimum absolute atomic E-state index is 0.0700. The molecule has 0 radical (unpaired) electrons. The molecule has 17 heavy (non-hydrogen) atoms. The van der Waals surface area contributed by atoms with E-state index in [1.807, 2.05) is 0 Å². The highest BCUT2D eigenvalue weighted by Gasteiger charge is 2.24. The molecule has 92 valence electrons. The van der Waals surface area contributed by atoms with E-state index in [-0.39, 0.29) is 12.5 Å². The summed E-state index contributed by atoms with van der Waals surface area (Å²) in [5, 5.41) is 0. The molecule has 1 aliphatic heterocycles. The fourth-order valence-electron chi connectivity index (χ4n) is 1.92. The van der Waals surface area contributed by atoms with Crippen LogP contribution in [0.2, 0.25) is 0 Å². The third-order valence-electron chi connectivity index (χ3n) is 2.72. The summed E-state index contributed by atoms with van der Waals surface area (Å²) < 4.78 is 44.5. The molecule has 1 atom stereocenters. The van der Waals surface area contributed by atoms with Crippen LogP contribution in [0.3, 0.4) is 0 Å². The zero-order chi connectivity index (χ0) is 12.4. The second-order valence-corrected chi connectivity index (χ2v) is 4.01. The van der Waals surface area contributed by atoms with Crippen LogP contribution in [-0.2, 0) is 4.74 Å². The van der Waals surface area contributed by atoms with Crippen LogP contribution in [0.15, 0.2) is 12.1 Å². The van der Waals surface area contributed by atoms with Gasteiger partial charge >= 0.3 is 0 Å². The Morgan fingerprint density at radius 2 is 1.94 bits per heavy atom. The molecule has 0 aromatic heterocycles. The molecule has 1 aromatic rings. The molecule has 1 aromatic carbocycles. The lowest BCUT2D eigenvalue weighted by Crippen LogP contribution is -2.15. The van der Waals surface area contributed by atoms with Gasteiger partial charge in [0.1, 0.15) is 17.5 Å². The second-order valence-electron chi connectivity index (χ2n) is 4.01. The van der Waals surface area contributed by atoms with Crippen molar-refractivity contribution in [1.29, 1.82) is 0 Å². The van der Waals surface area contributed by atoms with Crippen LogP contribution in [0, 0.1) is 17.5 Å². The summed E-state index contributed by atoms with van der Waals surface area (Å²) in [5.41, 5.74) is -0.679. The SMILES string of the molecule is O=C(CC1CCCO1)c1c(F)cc(F)cc1F. The first-order valence-electron chi connectivity index (χ1n) is 5.37. The van der Waals surface area contributed by atoms with Crippen molar-refractivity contribution in [3.05, 3.63) is 35.1 Å². The maximum atomic E-state index is 13.3. The van der Waals surface area contributed by atoms with Gasteiger partial charge in [-0.2, -0.15) is 0 Å². The summed E-state index contributed by atoms with van der Waals surface area (Å²) in [6, 6.07) is 1.01. The summed E-state index contributed by atoms with van der Waals surface area (Å²) in [6.45, 7) is 0.562. The van der Waals surface area contributed by atoms with Gasteiger partial charge in [0, 0.05) is 25.2 Å². The van der Waals surface area contributed by atoms with E-state index in [1.165, 1.54) is 0 Å². The molecule has 2 nitrogen and oxygen atoms in total. The minimum atomic E-state index is -1.16. The Labute approximate surface area is 96.4 Å². The molecule has 1 saturated heterocycles. The number of Topliss-reactive ketones (excluding diaryl/α,β-unsaturated/α-hetero) is 1. The van der Waals surface area contributed by atoms with Crippen molar-refractivity contribution in [2.24, 2.45) is 0 Å². The molecule has 0 spiro atoms. The summed E-state index contributed by atoms with van der Waals surface area (Å²) in [7, 11) is 0. The van der Waals surface area contributed by atoms with Crippen LogP contribution in [0.4, 0.5) is 13.2 Å². The topological polar surface area (TPSA) is 26.3 Å². The molecule has 0 saturated carbocycles. The van der Waals surface area contributed by atoms with Gasteiger partial charge < -0.3 is 4.74 Å². The predicted octanol–water partition coefficient (Wildman–Crippen LogP) is 2.86. The first kappa shape index (κ1) is 12.1. The highest BCUT2D eigenvalue weighted by molar-refractivity contribution is 5.96. The molecule has 1 unspecified atom stereocenters. The number of carbonyl (C=O) groups excluding carboxylic acids is 1. The number of halogens is 3. The number of hydrogen-bond donors (Lipinski definition) is 0. The van der Waals surface area contributed by atoms with Crippen LogP contribution in [0.1, 0.15) is 29.6 Å². The molecule has 0 bridgehead atoms. The Morgan fingerprint density at radius 1 is 1.29 bits per heavy atom. The lowest BCUT2D eigenvalue weighted by Gasteiger charge is -2.09. The Kier molecular flexibility index (Phi) is 3.47. The number of hydrogen-bond acceptors (Lipinski definition) is 2. The second kappa shape index (κ2) is 4.87. The van der Waals surface area contributed by atoms with Crippen molar-refractivity contribution in [2.45, 2.75) is 25.4 Å². The Bertz CT molecular complexity index is 416. The number of rotatable bonds is 3. The maximum absolute atomic E-state index is 13.3. The molecule has 1 fully saturated rings. The van der Waals surface area contributed by atoms with Crippen molar-refractivity contribution < 1.29 is 22.7 Å². The lowest BCUT2D eigenvalue weighted by molar-refractivity contribution is 0.0769. The van der Waals surface area contributed by atoms with Crippen molar-refractivity contribution in [3.63, 3.8) is 0 Å². The number of carbonyl (C=O) groups is 1. The highest BCUT2D eigenvalue weighted by Crippen LogP contribution is 2.21. The molecule has 5 heteroatoms. The predicted molar refractivity (Wildman–Crippen MR) is 54.2 cm³/mol. The van der Waals surface area contributed by atoms with Crippen molar-refractivity contribution >= 4 is 5.78 Å². The zero-order valence-electron chi connectivity index (χ0n) is 9.01. The quantitative estimate of drug-likeness (QED) is 0.764. The van der Waals surface area contributed by atoms with Crippen molar-refractivity contribution in [1.82, 2.24) is 0 Å². The first-order valence-corrected chi connectivity index (χ1v) is 5.37. The van der Waals surface area contributed by atoms with E-state index in [1.54, 1.807) is 0 Å². The summed E-state index contributed by atoms with van der Waals surface area (Å²) in [5.74, 6) is -4.04. The van der Waals surface area contributed by atoms with Gasteiger partial charge in [0.25, 0.3) is 0 Å². The molecule has 0 aliphatic carbocycles. The minimum Gasteiger partial charge on any atom is -0.378 e. The Morgan fingerprint density at radius 3 is 2.47 bits per heavy atom. The van der Waals surface area contributed by atoms with E-state index in [0.717, 1.165) is 6.42 Å². The maximum Gasteiger partial charge on any atom is 0.171 e. The number of benzene rings is 1. The van der Waals surface area contributed by atoms with Crippen LogP contribution >= 0.6 is 0 Å². The molecule has 1 aliphatic rings.